The highest BCUT2D eigenvalue weighted by Crippen LogP contribution is 2.37. The number of H-pyrrole nitrogens is 1. The molecule has 0 aliphatic carbocycles. The third kappa shape index (κ3) is 2.35. The van der Waals surface area contributed by atoms with Crippen molar-refractivity contribution in [3.05, 3.63) is 33.1 Å². The lowest BCUT2D eigenvalue weighted by atomic mass is 9.96. The van der Waals surface area contributed by atoms with Crippen LogP contribution < -0.4 is 11.2 Å². The summed E-state index contributed by atoms with van der Waals surface area (Å²) in [6.45, 7) is 0. The maximum atomic E-state index is 11.8. The van der Waals surface area contributed by atoms with Gasteiger partial charge >= 0.3 is 11.7 Å². The summed E-state index contributed by atoms with van der Waals surface area (Å²) >= 11 is 0. The van der Waals surface area contributed by atoms with E-state index >= 15 is 0 Å². The predicted molar refractivity (Wildman–Crippen MR) is 68.2 cm³/mol. The Balaban J connectivity index is 1.90. The number of hydrogen-bond donors (Lipinski definition) is 4. The lowest BCUT2D eigenvalue weighted by molar-refractivity contribution is -0.187. The number of aliphatic carboxylic acids is 1. The molecule has 3 heterocycles. The number of rotatable bonds is 2. The van der Waals surface area contributed by atoms with Crippen molar-refractivity contribution in [1.29, 1.82) is 0 Å². The second kappa shape index (κ2) is 5.32. The molecule has 0 spiro atoms. The van der Waals surface area contributed by atoms with Crippen LogP contribution >= 0.6 is 0 Å². The molecular weight excluding hydrogens is 300 g/mol. The molecule has 10 nitrogen and oxygen atoms in total. The lowest BCUT2D eigenvalue weighted by Crippen LogP contribution is -2.51. The minimum absolute atomic E-state index is 0.184. The van der Waals surface area contributed by atoms with Gasteiger partial charge in [-0.05, 0) is 0 Å². The zero-order valence-electron chi connectivity index (χ0n) is 11.2. The average molecular weight is 314 g/mol. The predicted octanol–water partition coefficient (Wildman–Crippen LogP) is -2.60. The van der Waals surface area contributed by atoms with Crippen LogP contribution in [0.25, 0.3) is 0 Å². The Kier molecular flexibility index (Phi) is 3.60. The summed E-state index contributed by atoms with van der Waals surface area (Å²) in [4.78, 5) is 35.8. The molecule has 6 atom stereocenters. The Morgan fingerprint density at radius 3 is 2.64 bits per heavy atom. The Morgan fingerprint density at radius 1 is 1.27 bits per heavy atom. The van der Waals surface area contributed by atoms with Gasteiger partial charge in [-0.3, -0.25) is 14.3 Å². The van der Waals surface area contributed by atoms with E-state index in [4.69, 9.17) is 14.6 Å². The van der Waals surface area contributed by atoms with E-state index in [1.54, 1.807) is 0 Å². The van der Waals surface area contributed by atoms with Gasteiger partial charge in [0.15, 0.2) is 12.3 Å². The number of fused-ring (bicyclic) bond motifs is 1. The first-order valence-corrected chi connectivity index (χ1v) is 6.60. The van der Waals surface area contributed by atoms with Crippen LogP contribution in [0.3, 0.4) is 0 Å². The number of aromatic amines is 1. The Labute approximate surface area is 122 Å². The smallest absolute Gasteiger partial charge is 0.332 e. The third-order valence-electron chi connectivity index (χ3n) is 3.81. The monoisotopic (exact) mass is 314 g/mol. The van der Waals surface area contributed by atoms with E-state index in [0.717, 1.165) is 16.8 Å². The summed E-state index contributed by atoms with van der Waals surface area (Å²) in [5.41, 5.74) is -1.40. The first kappa shape index (κ1) is 14.9. The van der Waals surface area contributed by atoms with Crippen LogP contribution in [0, 0.1) is 0 Å². The minimum Gasteiger partial charge on any atom is -0.479 e. The van der Waals surface area contributed by atoms with Crippen molar-refractivity contribution in [1.82, 2.24) is 9.55 Å². The molecule has 2 saturated heterocycles. The molecule has 0 amide bonds. The molecule has 10 heteroatoms. The van der Waals surface area contributed by atoms with Crippen LogP contribution in [0.1, 0.15) is 12.6 Å². The number of carbonyl (C=O) groups is 1. The fraction of sp³-hybridized carbons (Fsp3) is 0.583. The summed E-state index contributed by atoms with van der Waals surface area (Å²) in [5.74, 6) is -1.26. The van der Waals surface area contributed by atoms with Crippen molar-refractivity contribution in [3.8, 4) is 0 Å². The van der Waals surface area contributed by atoms with Crippen LogP contribution in [0.15, 0.2) is 21.9 Å². The van der Waals surface area contributed by atoms with Crippen molar-refractivity contribution in [2.75, 3.05) is 0 Å². The zero-order chi connectivity index (χ0) is 16.0. The topological polar surface area (TPSA) is 151 Å². The molecule has 0 saturated carbocycles. The summed E-state index contributed by atoms with van der Waals surface area (Å²) in [6.07, 6.45) is -6.07. The third-order valence-corrected chi connectivity index (χ3v) is 3.81. The molecule has 3 rings (SSSR count). The number of carboxylic acids is 1. The average Bonchev–Trinajstić information content (AvgIpc) is 2.77. The van der Waals surface area contributed by atoms with Crippen molar-refractivity contribution in [2.45, 2.75) is 43.2 Å². The van der Waals surface area contributed by atoms with E-state index in [0.29, 0.717) is 0 Å². The number of aromatic nitrogens is 2. The van der Waals surface area contributed by atoms with Crippen molar-refractivity contribution in [2.24, 2.45) is 0 Å². The highest BCUT2D eigenvalue weighted by Gasteiger charge is 2.53. The van der Waals surface area contributed by atoms with E-state index in [2.05, 4.69) is 0 Å². The fourth-order valence-electron chi connectivity index (χ4n) is 2.76. The van der Waals surface area contributed by atoms with Crippen LogP contribution in [0.4, 0.5) is 0 Å². The molecule has 0 aromatic carbocycles. The quantitative estimate of drug-likeness (QED) is 0.464. The Bertz CT molecular complexity index is 697. The van der Waals surface area contributed by atoms with Gasteiger partial charge in [-0.25, -0.2) is 9.59 Å². The van der Waals surface area contributed by atoms with Gasteiger partial charge in [0.05, 0.1) is 6.10 Å². The lowest BCUT2D eigenvalue weighted by Gasteiger charge is -2.33. The number of ether oxygens (including phenoxy) is 2. The zero-order valence-corrected chi connectivity index (χ0v) is 11.2. The molecule has 120 valence electrons. The van der Waals surface area contributed by atoms with Gasteiger partial charge in [-0.2, -0.15) is 0 Å². The highest BCUT2D eigenvalue weighted by atomic mass is 16.6. The number of nitrogens with zero attached hydrogens (tertiary/aromatic N) is 1. The van der Waals surface area contributed by atoms with Crippen LogP contribution in [0.5, 0.6) is 0 Å². The molecule has 1 aromatic heterocycles. The summed E-state index contributed by atoms with van der Waals surface area (Å²) in [7, 11) is 0. The number of aliphatic hydroxyl groups is 2. The number of nitrogens with one attached hydrogen (secondary N) is 1. The maximum Gasteiger partial charge on any atom is 0.332 e. The van der Waals surface area contributed by atoms with Gasteiger partial charge in [0, 0.05) is 18.7 Å². The van der Waals surface area contributed by atoms with Gasteiger partial charge in [-0.1, -0.05) is 0 Å². The van der Waals surface area contributed by atoms with E-state index in [1.165, 1.54) is 0 Å². The van der Waals surface area contributed by atoms with E-state index in [9.17, 15) is 24.6 Å². The molecule has 1 aromatic rings. The van der Waals surface area contributed by atoms with Crippen molar-refractivity contribution < 1.29 is 29.6 Å². The van der Waals surface area contributed by atoms with Gasteiger partial charge in [0.1, 0.15) is 18.3 Å². The molecule has 4 N–H and O–H groups in total. The molecule has 2 fully saturated rings. The first-order chi connectivity index (χ1) is 10.4. The van der Waals surface area contributed by atoms with E-state index in [-0.39, 0.29) is 6.42 Å². The normalized spacial score (nSPS) is 37.7. The van der Waals surface area contributed by atoms with Crippen molar-refractivity contribution in [3.63, 3.8) is 0 Å². The molecule has 0 radical (unpaired) electrons. The van der Waals surface area contributed by atoms with Crippen LogP contribution in [-0.2, 0) is 14.3 Å². The molecule has 2 aliphatic rings. The molecule has 1 unspecified atom stereocenters. The second-order valence-corrected chi connectivity index (χ2v) is 5.23. The maximum absolute atomic E-state index is 11.8. The highest BCUT2D eigenvalue weighted by molar-refractivity contribution is 5.72. The standard InChI is InChI=1S/C12H14N2O8/c15-4-3-5(11(18)19)21-9-7(17)10(22-8(4)9)14-2-1-6(16)13-12(14)20/h1-2,4-5,7-10,15,17H,3H2,(H,18,19)(H,13,16,20)/t4-,5+,7-,8-,9?,10-/m1/s1. The molecule has 2 aliphatic heterocycles. The van der Waals surface area contributed by atoms with Crippen LogP contribution in [-0.4, -0.2) is 61.4 Å². The van der Waals surface area contributed by atoms with Gasteiger partial charge in [0.2, 0.25) is 0 Å². The largest absolute Gasteiger partial charge is 0.479 e. The minimum atomic E-state index is -1.37. The molecular formula is C12H14N2O8. The molecule has 0 bridgehead atoms. The SMILES string of the molecule is O=C(O)[C@@H]1C[C@@H](O)[C@H]2O[C@@H](n3ccc(=O)[nH]c3=O)[C@H](O)C2O1. The van der Waals surface area contributed by atoms with Gasteiger partial charge < -0.3 is 24.8 Å². The number of hydrogen-bond acceptors (Lipinski definition) is 7. The summed E-state index contributed by atoms with van der Waals surface area (Å²) in [6, 6.07) is 1.08. The summed E-state index contributed by atoms with van der Waals surface area (Å²) in [5, 5.41) is 29.2. The van der Waals surface area contributed by atoms with Gasteiger partial charge in [-0.15, -0.1) is 0 Å². The van der Waals surface area contributed by atoms with E-state index in [1.807, 2.05) is 4.98 Å². The van der Waals surface area contributed by atoms with Crippen molar-refractivity contribution >= 4 is 5.97 Å². The fourth-order valence-corrected chi connectivity index (χ4v) is 2.76. The number of carboxylic acid groups (broad SMARTS) is 1. The van der Waals surface area contributed by atoms with Gasteiger partial charge in [0.25, 0.3) is 5.56 Å². The second-order valence-electron chi connectivity index (χ2n) is 5.23. The number of aliphatic hydroxyl groups excluding tert-OH is 2. The summed E-state index contributed by atoms with van der Waals surface area (Å²) < 4.78 is 11.7. The van der Waals surface area contributed by atoms with E-state index < -0.39 is 54.0 Å². The Hall–Kier alpha value is -2.01. The Morgan fingerprint density at radius 2 is 2.00 bits per heavy atom. The van der Waals surface area contributed by atoms with Crippen LogP contribution in [0.2, 0.25) is 0 Å². The first-order valence-electron chi connectivity index (χ1n) is 6.60. The molecule has 22 heavy (non-hydrogen) atoms.